The molecule has 2 heterocycles. The van der Waals surface area contributed by atoms with Gasteiger partial charge < -0.3 is 10.1 Å². The highest BCUT2D eigenvalue weighted by molar-refractivity contribution is 7.80. The molecule has 0 spiro atoms. The van der Waals surface area contributed by atoms with E-state index in [0.717, 1.165) is 10.6 Å². The Hall–Kier alpha value is -2.63. The van der Waals surface area contributed by atoms with E-state index < -0.39 is 0 Å². The lowest BCUT2D eigenvalue weighted by Crippen LogP contribution is -2.09. The van der Waals surface area contributed by atoms with Gasteiger partial charge in [0.1, 0.15) is 10.7 Å². The summed E-state index contributed by atoms with van der Waals surface area (Å²) in [5.74, 6) is -0.105. The predicted octanol–water partition coefficient (Wildman–Crippen LogP) is 4.63. The van der Waals surface area contributed by atoms with E-state index in [1.807, 2.05) is 42.5 Å². The van der Waals surface area contributed by atoms with E-state index in [4.69, 9.17) is 11.6 Å². The SMILES string of the molecule is O=c1[nH]c2cc(Cl)n(-c3ccc(S)cc3)c2c(O)c1-c1ccccc1. The predicted molar refractivity (Wildman–Crippen MR) is 103 cm³/mol. The van der Waals surface area contributed by atoms with Gasteiger partial charge in [-0.25, -0.2) is 0 Å². The summed E-state index contributed by atoms with van der Waals surface area (Å²) in [5.41, 5.74) is 2.18. The van der Waals surface area contributed by atoms with Crippen LogP contribution in [0.3, 0.4) is 0 Å². The minimum Gasteiger partial charge on any atom is -0.505 e. The highest BCUT2D eigenvalue weighted by atomic mass is 35.5. The van der Waals surface area contributed by atoms with Crippen molar-refractivity contribution in [2.75, 3.05) is 0 Å². The summed E-state index contributed by atoms with van der Waals surface area (Å²) >= 11 is 10.7. The van der Waals surface area contributed by atoms with Crippen molar-refractivity contribution in [1.82, 2.24) is 9.55 Å². The fourth-order valence-corrected chi connectivity index (χ4v) is 3.39. The number of pyridine rings is 1. The third-order valence-electron chi connectivity index (χ3n) is 4.06. The molecule has 0 radical (unpaired) electrons. The molecule has 4 nitrogen and oxygen atoms in total. The number of nitrogens with one attached hydrogen (secondary N) is 1. The Bertz CT molecular complexity index is 1130. The van der Waals surface area contributed by atoms with Crippen molar-refractivity contribution in [2.24, 2.45) is 0 Å². The molecular formula is C19H13ClN2O2S. The maximum absolute atomic E-state index is 12.5. The van der Waals surface area contributed by atoms with E-state index in [1.165, 1.54) is 0 Å². The van der Waals surface area contributed by atoms with Gasteiger partial charge in [0.25, 0.3) is 5.56 Å². The summed E-state index contributed by atoms with van der Waals surface area (Å²) in [6, 6.07) is 18.0. The lowest BCUT2D eigenvalue weighted by atomic mass is 10.1. The molecule has 0 aliphatic rings. The number of hydrogen-bond donors (Lipinski definition) is 3. The molecule has 25 heavy (non-hydrogen) atoms. The number of benzene rings is 2. The molecule has 0 saturated heterocycles. The van der Waals surface area contributed by atoms with Crippen LogP contribution in [0.4, 0.5) is 0 Å². The number of hydrogen-bond acceptors (Lipinski definition) is 3. The Balaban J connectivity index is 2.07. The van der Waals surface area contributed by atoms with Crippen LogP contribution < -0.4 is 5.56 Å². The molecule has 0 aliphatic heterocycles. The van der Waals surface area contributed by atoms with E-state index >= 15 is 0 Å². The molecule has 6 heteroatoms. The van der Waals surface area contributed by atoms with Crippen LogP contribution in [0.25, 0.3) is 27.8 Å². The van der Waals surface area contributed by atoms with E-state index in [9.17, 15) is 9.90 Å². The molecule has 2 N–H and O–H groups in total. The summed E-state index contributed by atoms with van der Waals surface area (Å²) in [6.07, 6.45) is 0. The first-order valence-corrected chi connectivity index (χ1v) is 8.40. The first kappa shape index (κ1) is 15.9. The molecule has 2 aromatic heterocycles. The molecule has 124 valence electrons. The van der Waals surface area contributed by atoms with Crippen LogP contribution in [0, 0.1) is 0 Å². The number of aromatic amines is 1. The number of rotatable bonds is 2. The molecule has 0 saturated carbocycles. The number of nitrogens with zero attached hydrogens (tertiary/aromatic N) is 1. The average molecular weight is 369 g/mol. The quantitative estimate of drug-likeness (QED) is 0.452. The molecule has 2 aromatic carbocycles. The minimum absolute atomic E-state index is 0.105. The smallest absolute Gasteiger partial charge is 0.260 e. The number of thiol groups is 1. The van der Waals surface area contributed by atoms with Gasteiger partial charge in [0.15, 0.2) is 5.75 Å². The molecule has 0 amide bonds. The van der Waals surface area contributed by atoms with Gasteiger partial charge in [0, 0.05) is 10.6 Å². The molecule has 0 fully saturated rings. The van der Waals surface area contributed by atoms with Crippen molar-refractivity contribution < 1.29 is 5.11 Å². The fraction of sp³-hybridized carbons (Fsp3) is 0. The maximum Gasteiger partial charge on any atom is 0.260 e. The monoisotopic (exact) mass is 368 g/mol. The summed E-state index contributed by atoms with van der Waals surface area (Å²) in [6.45, 7) is 0. The molecule has 0 aliphatic carbocycles. The number of halogens is 1. The molecule has 0 unspecified atom stereocenters. The molecule has 0 atom stereocenters. The molecule has 4 aromatic rings. The van der Waals surface area contributed by atoms with Crippen molar-refractivity contribution in [3.8, 4) is 22.6 Å². The second kappa shape index (κ2) is 6.02. The largest absolute Gasteiger partial charge is 0.505 e. The summed E-state index contributed by atoms with van der Waals surface area (Å²) < 4.78 is 1.70. The van der Waals surface area contributed by atoms with E-state index in [2.05, 4.69) is 17.6 Å². The highest BCUT2D eigenvalue weighted by Crippen LogP contribution is 2.36. The standard InChI is InChI=1S/C19H13ClN2O2S/c20-15-10-14-17(22(15)12-6-8-13(25)9-7-12)18(23)16(19(24)21-14)11-4-2-1-3-5-11/h1-10,25H,(H2,21,23,24). The van der Waals surface area contributed by atoms with Gasteiger partial charge in [-0.2, -0.15) is 0 Å². The normalized spacial score (nSPS) is 11.1. The van der Waals surface area contributed by atoms with Crippen LogP contribution >= 0.6 is 24.2 Å². The number of aromatic hydroxyl groups is 1. The van der Waals surface area contributed by atoms with Gasteiger partial charge in [0.2, 0.25) is 0 Å². The second-order valence-electron chi connectivity index (χ2n) is 5.62. The maximum atomic E-state index is 12.5. The summed E-state index contributed by atoms with van der Waals surface area (Å²) in [4.78, 5) is 16.1. The van der Waals surface area contributed by atoms with Crippen molar-refractivity contribution in [3.63, 3.8) is 0 Å². The first-order chi connectivity index (χ1) is 12.1. The lowest BCUT2D eigenvalue weighted by molar-refractivity contribution is 0.480. The van der Waals surface area contributed by atoms with E-state index in [0.29, 0.717) is 21.7 Å². The van der Waals surface area contributed by atoms with Crippen LogP contribution in [0.5, 0.6) is 5.75 Å². The Morgan fingerprint density at radius 3 is 2.40 bits per heavy atom. The number of fused-ring (bicyclic) bond motifs is 1. The molecule has 0 bridgehead atoms. The Morgan fingerprint density at radius 1 is 1.04 bits per heavy atom. The van der Waals surface area contributed by atoms with Crippen LogP contribution in [-0.4, -0.2) is 14.7 Å². The zero-order valence-corrected chi connectivity index (χ0v) is 14.6. The van der Waals surface area contributed by atoms with Crippen molar-refractivity contribution >= 4 is 35.3 Å². The summed E-state index contributed by atoms with van der Waals surface area (Å²) in [5, 5.41) is 11.3. The second-order valence-corrected chi connectivity index (χ2v) is 6.53. The highest BCUT2D eigenvalue weighted by Gasteiger charge is 2.19. The molecule has 4 rings (SSSR count). The average Bonchev–Trinajstić information content (AvgIpc) is 2.93. The lowest BCUT2D eigenvalue weighted by Gasteiger charge is -2.11. The van der Waals surface area contributed by atoms with Crippen molar-refractivity contribution in [2.45, 2.75) is 4.90 Å². The zero-order valence-electron chi connectivity index (χ0n) is 12.9. The topological polar surface area (TPSA) is 58.0 Å². The Kier molecular flexibility index (Phi) is 3.82. The van der Waals surface area contributed by atoms with Crippen LogP contribution in [0.15, 0.2) is 70.4 Å². The fourth-order valence-electron chi connectivity index (χ4n) is 2.95. The van der Waals surface area contributed by atoms with Gasteiger partial charge in [-0.1, -0.05) is 41.9 Å². The third kappa shape index (κ3) is 2.62. The zero-order chi connectivity index (χ0) is 17.6. The van der Waals surface area contributed by atoms with Gasteiger partial charge in [0.05, 0.1) is 11.1 Å². The van der Waals surface area contributed by atoms with Gasteiger partial charge in [-0.15, -0.1) is 12.6 Å². The van der Waals surface area contributed by atoms with Crippen LogP contribution in [0.1, 0.15) is 0 Å². The van der Waals surface area contributed by atoms with Gasteiger partial charge in [-0.3, -0.25) is 9.36 Å². The minimum atomic E-state index is -0.365. The third-order valence-corrected chi connectivity index (χ3v) is 4.64. The Morgan fingerprint density at radius 2 is 1.72 bits per heavy atom. The van der Waals surface area contributed by atoms with Crippen LogP contribution in [0.2, 0.25) is 5.15 Å². The van der Waals surface area contributed by atoms with Gasteiger partial charge in [-0.05, 0) is 35.9 Å². The number of aromatic nitrogens is 2. The van der Waals surface area contributed by atoms with Crippen molar-refractivity contribution in [1.29, 1.82) is 0 Å². The van der Waals surface area contributed by atoms with Crippen LogP contribution in [-0.2, 0) is 0 Å². The van der Waals surface area contributed by atoms with Crippen molar-refractivity contribution in [3.05, 3.63) is 76.2 Å². The molecular weight excluding hydrogens is 356 g/mol. The van der Waals surface area contributed by atoms with E-state index in [-0.39, 0.29) is 16.9 Å². The van der Waals surface area contributed by atoms with E-state index in [1.54, 1.807) is 22.8 Å². The Labute approximate surface area is 153 Å². The van der Waals surface area contributed by atoms with Gasteiger partial charge >= 0.3 is 0 Å². The summed E-state index contributed by atoms with van der Waals surface area (Å²) in [7, 11) is 0. The first-order valence-electron chi connectivity index (χ1n) is 7.57. The number of H-pyrrole nitrogens is 1.